The van der Waals surface area contributed by atoms with Crippen molar-refractivity contribution >= 4 is 44.1 Å². The smallest absolute Gasteiger partial charge is 0.305 e. The molecule has 6 heteroatoms. The van der Waals surface area contributed by atoms with Crippen LogP contribution in [-0.4, -0.2) is 29.2 Å². The van der Waals surface area contributed by atoms with Gasteiger partial charge in [0.2, 0.25) is 0 Å². The number of aryl methyl sites for hydroxylation is 1. The van der Waals surface area contributed by atoms with Crippen LogP contribution in [0.2, 0.25) is 36.3 Å². The fourth-order valence-electron chi connectivity index (χ4n) is 5.67. The first-order valence-electron chi connectivity index (χ1n) is 18.1. The Hall–Kier alpha value is -3.10. The molecule has 260 valence electrons. The highest BCUT2D eigenvalue weighted by Crippen LogP contribution is 2.49. The average Bonchev–Trinajstić information content (AvgIpc) is 2.99. The Labute approximate surface area is 292 Å². The Morgan fingerprint density at radius 2 is 1.15 bits per heavy atom. The van der Waals surface area contributed by atoms with Crippen LogP contribution in [0.3, 0.4) is 0 Å². The predicted molar refractivity (Wildman–Crippen MR) is 211 cm³/mol. The van der Waals surface area contributed by atoms with Gasteiger partial charge in [-0.2, -0.15) is 0 Å². The molecular weight excluding hydrogens is 625 g/mol. The second kappa shape index (κ2) is 15.2. The summed E-state index contributed by atoms with van der Waals surface area (Å²) in [5.74, 6) is 1.81. The molecule has 48 heavy (non-hydrogen) atoms. The van der Waals surface area contributed by atoms with Gasteiger partial charge in [0, 0.05) is 17.5 Å². The van der Waals surface area contributed by atoms with Crippen molar-refractivity contribution in [2.75, 3.05) is 6.61 Å². The van der Waals surface area contributed by atoms with Crippen molar-refractivity contribution in [2.45, 2.75) is 130 Å². The van der Waals surface area contributed by atoms with E-state index in [1.807, 2.05) is 6.92 Å². The summed E-state index contributed by atoms with van der Waals surface area (Å²) in [5.41, 5.74) is 3.62. The average molecular weight is 685 g/mol. The van der Waals surface area contributed by atoms with Gasteiger partial charge < -0.3 is 13.6 Å². The molecule has 0 saturated carbocycles. The maximum atomic E-state index is 11.6. The van der Waals surface area contributed by atoms with Gasteiger partial charge >= 0.3 is 5.97 Å². The minimum absolute atomic E-state index is 0.0567. The zero-order valence-electron chi connectivity index (χ0n) is 31.6. The van der Waals surface area contributed by atoms with E-state index in [0.717, 1.165) is 61.2 Å². The van der Waals surface area contributed by atoms with Crippen LogP contribution < -0.4 is 8.85 Å². The highest BCUT2D eigenvalue weighted by Gasteiger charge is 2.41. The van der Waals surface area contributed by atoms with E-state index in [0.29, 0.717) is 13.0 Å². The normalized spacial score (nSPS) is 12.8. The third kappa shape index (κ3) is 8.92. The van der Waals surface area contributed by atoms with Crippen molar-refractivity contribution in [2.24, 2.45) is 0 Å². The summed E-state index contributed by atoms with van der Waals surface area (Å²) >= 11 is 0. The van der Waals surface area contributed by atoms with Crippen LogP contribution in [0.15, 0.2) is 66.7 Å². The topological polar surface area (TPSA) is 44.8 Å². The maximum absolute atomic E-state index is 11.6. The van der Waals surface area contributed by atoms with E-state index in [4.69, 9.17) is 13.6 Å². The molecule has 0 aromatic heterocycles. The zero-order valence-corrected chi connectivity index (χ0v) is 33.6. The first-order chi connectivity index (χ1) is 22.4. The molecule has 0 aliphatic heterocycles. The number of rotatable bonds is 14. The zero-order chi connectivity index (χ0) is 35.3. The Morgan fingerprint density at radius 1 is 0.625 bits per heavy atom. The second-order valence-corrected chi connectivity index (χ2v) is 25.9. The largest absolute Gasteiger partial charge is 0.543 e. The predicted octanol–water partition coefficient (Wildman–Crippen LogP) is 12.9. The number of carbonyl (C=O) groups is 1. The Balaban J connectivity index is 1.77. The first kappa shape index (κ1) is 37.7. The molecule has 0 saturated heterocycles. The molecule has 0 unspecified atom stereocenters. The molecular formula is C42H60O4Si2. The fraction of sp³-hybridized carbons (Fsp3) is 0.500. The molecule has 0 amide bonds. The summed E-state index contributed by atoms with van der Waals surface area (Å²) in [5, 5.41) is 4.93. The van der Waals surface area contributed by atoms with Crippen LogP contribution >= 0.6 is 0 Å². The molecule has 0 spiro atoms. The molecule has 0 heterocycles. The lowest BCUT2D eigenvalue weighted by molar-refractivity contribution is -0.143. The lowest BCUT2D eigenvalue weighted by atomic mass is 9.91. The lowest BCUT2D eigenvalue weighted by Crippen LogP contribution is -2.44. The number of ether oxygens (including phenoxy) is 1. The summed E-state index contributed by atoms with van der Waals surface area (Å²) in [7, 11) is -4.33. The van der Waals surface area contributed by atoms with E-state index < -0.39 is 16.6 Å². The van der Waals surface area contributed by atoms with Crippen molar-refractivity contribution in [1.82, 2.24) is 0 Å². The van der Waals surface area contributed by atoms with Gasteiger partial charge in [0.25, 0.3) is 16.6 Å². The van der Waals surface area contributed by atoms with Crippen LogP contribution in [-0.2, 0) is 16.0 Å². The van der Waals surface area contributed by atoms with Gasteiger partial charge in [-0.25, -0.2) is 0 Å². The minimum Gasteiger partial charge on any atom is -0.543 e. The third-order valence-electron chi connectivity index (χ3n) is 10.7. The van der Waals surface area contributed by atoms with Crippen molar-refractivity contribution < 1.29 is 18.4 Å². The van der Waals surface area contributed by atoms with Crippen molar-refractivity contribution in [3.63, 3.8) is 0 Å². The molecule has 0 aliphatic carbocycles. The number of unbranched alkanes of at least 4 members (excludes halogenated alkanes) is 4. The molecule has 0 atom stereocenters. The monoisotopic (exact) mass is 684 g/mol. The Bertz CT molecular complexity index is 1710. The molecule has 4 aromatic rings. The van der Waals surface area contributed by atoms with Gasteiger partial charge in [0.15, 0.2) is 0 Å². The van der Waals surface area contributed by atoms with Gasteiger partial charge in [0.05, 0.1) is 6.61 Å². The molecule has 4 aromatic carbocycles. The van der Waals surface area contributed by atoms with Crippen molar-refractivity contribution in [3.05, 3.63) is 72.3 Å². The van der Waals surface area contributed by atoms with Crippen molar-refractivity contribution in [1.29, 1.82) is 0 Å². The quantitative estimate of drug-likeness (QED) is 0.0753. The molecule has 4 rings (SSSR count). The highest BCUT2D eigenvalue weighted by molar-refractivity contribution is 6.75. The molecule has 0 aliphatic rings. The van der Waals surface area contributed by atoms with Crippen LogP contribution in [0.25, 0.3) is 32.7 Å². The van der Waals surface area contributed by atoms with E-state index in [1.54, 1.807) is 0 Å². The highest BCUT2D eigenvalue weighted by atomic mass is 28.4. The Morgan fingerprint density at radius 3 is 1.73 bits per heavy atom. The van der Waals surface area contributed by atoms with E-state index in [2.05, 4.69) is 134 Å². The van der Waals surface area contributed by atoms with Gasteiger partial charge in [-0.1, -0.05) is 115 Å². The fourth-order valence-corrected chi connectivity index (χ4v) is 7.72. The van der Waals surface area contributed by atoms with Gasteiger partial charge in [-0.3, -0.25) is 4.79 Å². The summed E-state index contributed by atoms with van der Waals surface area (Å²) in [4.78, 5) is 11.6. The standard InChI is InChI=1S/C42H60O4Si2/c1-12-44-38(43)23-17-15-13-14-16-20-31-24-27-35-33(30-31)26-29-37(46-48(10,11)42(5,6)7)40(35)39-34-22-19-18-21-32(34)25-28-36(39)45-47(8,9)41(2,3)4/h18-19,21-22,24-30H,12-17,20,23H2,1-11H3. The maximum Gasteiger partial charge on any atom is 0.305 e. The van der Waals surface area contributed by atoms with E-state index in [-0.39, 0.29) is 16.0 Å². The molecule has 4 nitrogen and oxygen atoms in total. The van der Waals surface area contributed by atoms with Gasteiger partial charge in [0.1, 0.15) is 11.5 Å². The SMILES string of the molecule is CCOC(=O)CCCCCCCc1ccc2c(-c3c(O[Si](C)(C)C(C)(C)C)ccc4ccccc34)c(O[Si](C)(C)C(C)(C)C)ccc2c1. The molecule has 0 radical (unpaired) electrons. The van der Waals surface area contributed by atoms with Crippen LogP contribution in [0.5, 0.6) is 11.5 Å². The van der Waals surface area contributed by atoms with Gasteiger partial charge in [-0.05, 0) is 102 Å². The van der Waals surface area contributed by atoms with E-state index in [1.165, 1.54) is 27.1 Å². The third-order valence-corrected chi connectivity index (χ3v) is 19.4. The first-order valence-corrected chi connectivity index (χ1v) is 23.9. The van der Waals surface area contributed by atoms with E-state index in [9.17, 15) is 4.79 Å². The number of hydrogen-bond acceptors (Lipinski definition) is 4. The van der Waals surface area contributed by atoms with Crippen LogP contribution in [0, 0.1) is 0 Å². The molecule has 0 N–H and O–H groups in total. The van der Waals surface area contributed by atoms with E-state index >= 15 is 0 Å². The van der Waals surface area contributed by atoms with Crippen LogP contribution in [0.4, 0.5) is 0 Å². The number of carbonyl (C=O) groups excluding carboxylic acids is 1. The Kier molecular flexibility index (Phi) is 11.9. The molecule has 0 fully saturated rings. The number of fused-ring (bicyclic) bond motifs is 2. The van der Waals surface area contributed by atoms with Crippen LogP contribution in [0.1, 0.15) is 92.6 Å². The van der Waals surface area contributed by atoms with Gasteiger partial charge in [-0.15, -0.1) is 0 Å². The number of esters is 1. The number of benzene rings is 4. The summed E-state index contributed by atoms with van der Waals surface area (Å²) in [6, 6.07) is 24.5. The summed E-state index contributed by atoms with van der Waals surface area (Å²) in [6.07, 6.45) is 6.99. The van der Waals surface area contributed by atoms with Crippen molar-refractivity contribution in [3.8, 4) is 22.6 Å². The lowest BCUT2D eigenvalue weighted by Gasteiger charge is -2.38. The molecule has 0 bridgehead atoms. The summed E-state index contributed by atoms with van der Waals surface area (Å²) in [6.45, 7) is 25.4. The second-order valence-electron chi connectivity index (χ2n) is 16.5. The summed E-state index contributed by atoms with van der Waals surface area (Å²) < 4.78 is 19.4. The number of hydrogen-bond donors (Lipinski definition) is 0. The minimum atomic E-state index is -2.17.